The summed E-state index contributed by atoms with van der Waals surface area (Å²) >= 11 is 5.89. The molecule has 0 aromatic heterocycles. The van der Waals surface area contributed by atoms with Crippen molar-refractivity contribution in [3.8, 4) is 0 Å². The van der Waals surface area contributed by atoms with Gasteiger partial charge in [0.1, 0.15) is 5.60 Å². The number of carbonyl (C=O) groups excluding carboxylic acids is 2. The Morgan fingerprint density at radius 2 is 1.83 bits per heavy atom. The standard InChI is InChI=1S/C17H24ClNO4/c1-5-22-15(20)10-13(12-6-8-14(18)9-7-12)11-19-16(21)23-17(2,3)4/h6-9,13H,5,10-11H2,1-4H3,(H,19,21)/t13-/m1/s1. The van der Waals surface area contributed by atoms with Crippen molar-refractivity contribution < 1.29 is 19.1 Å². The number of rotatable bonds is 6. The molecule has 23 heavy (non-hydrogen) atoms. The molecule has 6 heteroatoms. The Kier molecular flexibility index (Phi) is 7.36. The SMILES string of the molecule is CCOC(=O)C[C@H](CNC(=O)OC(C)(C)C)c1ccc(Cl)cc1. The molecular formula is C17H24ClNO4. The van der Waals surface area contributed by atoms with Gasteiger partial charge in [-0.2, -0.15) is 0 Å². The van der Waals surface area contributed by atoms with Crippen LogP contribution in [0.3, 0.4) is 0 Å². The fourth-order valence-electron chi connectivity index (χ4n) is 1.98. The second-order valence-electron chi connectivity index (χ2n) is 6.14. The summed E-state index contributed by atoms with van der Waals surface area (Å²) in [5.74, 6) is -0.516. The quantitative estimate of drug-likeness (QED) is 0.797. The Morgan fingerprint density at radius 1 is 1.22 bits per heavy atom. The number of ether oxygens (including phenoxy) is 2. The lowest BCUT2D eigenvalue weighted by Gasteiger charge is -2.22. The minimum absolute atomic E-state index is 0.172. The van der Waals surface area contributed by atoms with Crippen molar-refractivity contribution in [3.05, 3.63) is 34.9 Å². The molecule has 1 aromatic rings. The summed E-state index contributed by atoms with van der Waals surface area (Å²) < 4.78 is 10.2. The van der Waals surface area contributed by atoms with E-state index in [2.05, 4.69) is 5.32 Å². The van der Waals surface area contributed by atoms with Gasteiger partial charge < -0.3 is 14.8 Å². The lowest BCUT2D eigenvalue weighted by molar-refractivity contribution is -0.143. The molecule has 0 saturated carbocycles. The summed E-state index contributed by atoms with van der Waals surface area (Å²) in [5, 5.41) is 3.31. The highest BCUT2D eigenvalue weighted by molar-refractivity contribution is 6.30. The zero-order valence-corrected chi connectivity index (χ0v) is 14.8. The van der Waals surface area contributed by atoms with Crippen LogP contribution < -0.4 is 5.32 Å². The van der Waals surface area contributed by atoms with E-state index in [0.717, 1.165) is 5.56 Å². The average molecular weight is 342 g/mol. The van der Waals surface area contributed by atoms with Crippen molar-refractivity contribution in [2.45, 2.75) is 45.6 Å². The smallest absolute Gasteiger partial charge is 0.407 e. The highest BCUT2D eigenvalue weighted by Gasteiger charge is 2.20. The summed E-state index contributed by atoms with van der Waals surface area (Å²) in [6, 6.07) is 7.18. The summed E-state index contributed by atoms with van der Waals surface area (Å²) in [6.45, 7) is 7.74. The number of nitrogens with one attached hydrogen (secondary N) is 1. The first-order valence-corrected chi connectivity index (χ1v) is 7.97. The van der Waals surface area contributed by atoms with E-state index in [0.29, 0.717) is 11.6 Å². The number of hydrogen-bond donors (Lipinski definition) is 1. The first kappa shape index (κ1) is 19.3. The van der Waals surface area contributed by atoms with Crippen LogP contribution in [-0.2, 0) is 14.3 Å². The Balaban J connectivity index is 2.73. The van der Waals surface area contributed by atoms with Crippen LogP contribution in [-0.4, -0.2) is 30.8 Å². The first-order chi connectivity index (χ1) is 10.7. The van der Waals surface area contributed by atoms with Gasteiger partial charge in [-0.3, -0.25) is 4.79 Å². The van der Waals surface area contributed by atoms with Gasteiger partial charge in [-0.15, -0.1) is 0 Å². The van der Waals surface area contributed by atoms with Gasteiger partial charge in [-0.05, 0) is 45.4 Å². The van der Waals surface area contributed by atoms with Crippen LogP contribution in [0.5, 0.6) is 0 Å². The second-order valence-corrected chi connectivity index (χ2v) is 6.58. The van der Waals surface area contributed by atoms with Crippen LogP contribution >= 0.6 is 11.6 Å². The molecule has 1 aromatic carbocycles. The molecule has 0 bridgehead atoms. The summed E-state index contributed by atoms with van der Waals surface area (Å²) in [6.07, 6.45) is -0.342. The Morgan fingerprint density at radius 3 is 2.35 bits per heavy atom. The molecule has 0 heterocycles. The average Bonchev–Trinajstić information content (AvgIpc) is 2.43. The molecule has 128 valence electrons. The van der Waals surface area contributed by atoms with Gasteiger partial charge >= 0.3 is 12.1 Å². The van der Waals surface area contributed by atoms with Crippen molar-refractivity contribution >= 4 is 23.7 Å². The summed E-state index contributed by atoms with van der Waals surface area (Å²) in [4.78, 5) is 23.6. The fraction of sp³-hybridized carbons (Fsp3) is 0.529. The second kappa shape index (κ2) is 8.77. The number of alkyl carbamates (subject to hydrolysis) is 1. The highest BCUT2D eigenvalue weighted by Crippen LogP contribution is 2.22. The lowest BCUT2D eigenvalue weighted by Crippen LogP contribution is -2.35. The van der Waals surface area contributed by atoms with Crippen molar-refractivity contribution in [1.29, 1.82) is 0 Å². The van der Waals surface area contributed by atoms with Gasteiger partial charge in [0.25, 0.3) is 0 Å². The first-order valence-electron chi connectivity index (χ1n) is 7.59. The molecule has 0 radical (unpaired) electrons. The molecule has 0 aliphatic carbocycles. The molecule has 0 fully saturated rings. The third kappa shape index (κ3) is 7.88. The monoisotopic (exact) mass is 341 g/mol. The third-order valence-electron chi connectivity index (χ3n) is 2.95. The molecule has 1 atom stereocenters. The normalized spacial score (nSPS) is 12.4. The number of esters is 1. The zero-order valence-electron chi connectivity index (χ0n) is 14.0. The molecule has 1 N–H and O–H groups in total. The third-order valence-corrected chi connectivity index (χ3v) is 3.20. The molecule has 5 nitrogen and oxygen atoms in total. The van der Waals surface area contributed by atoms with E-state index in [1.165, 1.54) is 0 Å². The maximum atomic E-state index is 11.8. The number of amides is 1. The van der Waals surface area contributed by atoms with Crippen LogP contribution in [0.15, 0.2) is 24.3 Å². The van der Waals surface area contributed by atoms with Gasteiger partial charge in [-0.25, -0.2) is 4.79 Å². The Labute approximate surface area is 142 Å². The molecule has 0 aliphatic rings. The zero-order chi connectivity index (χ0) is 17.5. The van der Waals surface area contributed by atoms with Crippen molar-refractivity contribution in [1.82, 2.24) is 5.32 Å². The van der Waals surface area contributed by atoms with Gasteiger partial charge in [0.05, 0.1) is 13.0 Å². The van der Waals surface area contributed by atoms with Crippen LogP contribution in [0, 0.1) is 0 Å². The van der Waals surface area contributed by atoms with Crippen LogP contribution in [0.4, 0.5) is 4.79 Å². The Hall–Kier alpha value is -1.75. The van der Waals surface area contributed by atoms with E-state index in [1.54, 1.807) is 39.8 Å². The van der Waals surface area contributed by atoms with E-state index in [9.17, 15) is 9.59 Å². The van der Waals surface area contributed by atoms with Crippen molar-refractivity contribution in [2.75, 3.05) is 13.2 Å². The van der Waals surface area contributed by atoms with Gasteiger partial charge in [0, 0.05) is 17.5 Å². The Bertz CT molecular complexity index is 522. The van der Waals surface area contributed by atoms with E-state index in [-0.39, 0.29) is 24.9 Å². The fourth-order valence-corrected chi connectivity index (χ4v) is 2.11. The van der Waals surface area contributed by atoms with Gasteiger partial charge in [0.2, 0.25) is 0 Å². The predicted molar refractivity (Wildman–Crippen MR) is 89.7 cm³/mol. The summed E-state index contributed by atoms with van der Waals surface area (Å²) in [5.41, 5.74) is 0.333. The number of benzene rings is 1. The number of carbonyl (C=O) groups is 2. The molecule has 0 aliphatic heterocycles. The molecular weight excluding hydrogens is 318 g/mol. The topological polar surface area (TPSA) is 64.6 Å². The van der Waals surface area contributed by atoms with Crippen molar-refractivity contribution in [2.24, 2.45) is 0 Å². The largest absolute Gasteiger partial charge is 0.466 e. The molecule has 0 unspecified atom stereocenters. The van der Waals surface area contributed by atoms with E-state index in [1.807, 2.05) is 12.1 Å². The van der Waals surface area contributed by atoms with E-state index in [4.69, 9.17) is 21.1 Å². The molecule has 0 spiro atoms. The summed E-state index contributed by atoms with van der Waals surface area (Å²) in [7, 11) is 0. The van der Waals surface area contributed by atoms with E-state index >= 15 is 0 Å². The van der Waals surface area contributed by atoms with Gasteiger partial charge in [-0.1, -0.05) is 23.7 Å². The maximum Gasteiger partial charge on any atom is 0.407 e. The molecule has 1 rings (SSSR count). The number of hydrogen-bond acceptors (Lipinski definition) is 4. The highest BCUT2D eigenvalue weighted by atomic mass is 35.5. The number of halogens is 1. The maximum absolute atomic E-state index is 11.8. The van der Waals surface area contributed by atoms with Crippen LogP contribution in [0.2, 0.25) is 5.02 Å². The minimum Gasteiger partial charge on any atom is -0.466 e. The lowest BCUT2D eigenvalue weighted by atomic mass is 9.96. The molecule has 0 saturated heterocycles. The minimum atomic E-state index is -0.568. The van der Waals surface area contributed by atoms with Crippen molar-refractivity contribution in [3.63, 3.8) is 0 Å². The van der Waals surface area contributed by atoms with E-state index < -0.39 is 11.7 Å². The molecule has 1 amide bonds. The van der Waals surface area contributed by atoms with Crippen LogP contribution in [0.1, 0.15) is 45.6 Å². The van der Waals surface area contributed by atoms with Crippen LogP contribution in [0.25, 0.3) is 0 Å². The predicted octanol–water partition coefficient (Wildman–Crippen LogP) is 3.90. The van der Waals surface area contributed by atoms with Gasteiger partial charge in [0.15, 0.2) is 0 Å².